The van der Waals surface area contributed by atoms with E-state index in [0.717, 1.165) is 0 Å². The summed E-state index contributed by atoms with van der Waals surface area (Å²) in [5.74, 6) is -0.0282. The van der Waals surface area contributed by atoms with Gasteiger partial charge in [0, 0.05) is 32.5 Å². The van der Waals surface area contributed by atoms with Gasteiger partial charge in [-0.1, -0.05) is 17.7 Å². The largest absolute Gasteiger partial charge is 0.480 e. The fraction of sp³-hybridized carbons (Fsp3) is 0.308. The Morgan fingerprint density at radius 3 is 2.60 bits per heavy atom. The van der Waals surface area contributed by atoms with Crippen LogP contribution in [-0.2, 0) is 4.79 Å². The predicted octanol–water partition coefficient (Wildman–Crippen LogP) is 4.83. The van der Waals surface area contributed by atoms with Gasteiger partial charge in [-0.15, -0.1) is 11.6 Å². The summed E-state index contributed by atoms with van der Waals surface area (Å²) >= 11 is 12.2. The van der Waals surface area contributed by atoms with Crippen molar-refractivity contribution in [3.05, 3.63) is 58.3 Å². The van der Waals surface area contributed by atoms with Crippen LogP contribution in [0.2, 0.25) is 5.02 Å². The smallest absolute Gasteiger partial charge is 0.328 e. The molecule has 1 aromatic carbocycles. The number of aliphatic imine (C=N–C) groups is 1. The number of imidazole rings is 1. The van der Waals surface area contributed by atoms with E-state index in [-0.39, 0.29) is 28.5 Å². The second-order valence-electron chi connectivity index (χ2n) is 9.58. The zero-order valence-corrected chi connectivity index (χ0v) is 23.7. The molecular formula is C26H25Cl2FN8O3. The molecule has 11 nitrogen and oxygen atoms in total. The number of hydrogen-bond acceptors (Lipinski definition) is 7. The summed E-state index contributed by atoms with van der Waals surface area (Å²) in [4.78, 5) is 47.0. The molecule has 2 atom stereocenters. The SMILES string of the molecule is COc1nc(N(C)C)ncc1-c1nc2c(n1C(C)C)C(c1ccc(Cl)c(F)c1)N(C1=CC(Cl)C=NC1=O)C(=O)N2. The van der Waals surface area contributed by atoms with Gasteiger partial charge in [-0.3, -0.25) is 15.0 Å². The number of rotatable bonds is 6. The third-order valence-electron chi connectivity index (χ3n) is 6.39. The fourth-order valence-corrected chi connectivity index (χ4v) is 4.98. The molecule has 2 aliphatic rings. The second-order valence-corrected chi connectivity index (χ2v) is 10.5. The van der Waals surface area contributed by atoms with Gasteiger partial charge in [0.1, 0.15) is 23.4 Å². The number of ether oxygens (including phenoxy) is 1. The summed E-state index contributed by atoms with van der Waals surface area (Å²) in [7, 11) is 5.10. The zero-order chi connectivity index (χ0) is 28.9. The van der Waals surface area contributed by atoms with E-state index in [2.05, 4.69) is 20.3 Å². The summed E-state index contributed by atoms with van der Waals surface area (Å²) in [5.41, 5.74) is 1.25. The van der Waals surface area contributed by atoms with Crippen LogP contribution in [0.1, 0.15) is 37.2 Å². The number of halogens is 3. The Morgan fingerprint density at radius 1 is 1.20 bits per heavy atom. The quantitative estimate of drug-likeness (QED) is 0.411. The van der Waals surface area contributed by atoms with Crippen LogP contribution in [0.15, 0.2) is 41.2 Å². The first-order chi connectivity index (χ1) is 19.0. The molecule has 1 N–H and O–H groups in total. The molecule has 0 aliphatic carbocycles. The highest BCUT2D eigenvalue weighted by molar-refractivity contribution is 6.31. The van der Waals surface area contributed by atoms with E-state index in [4.69, 9.17) is 32.9 Å². The average Bonchev–Trinajstić information content (AvgIpc) is 3.29. The Hall–Kier alpha value is -4.03. The molecule has 2 unspecified atom stereocenters. The highest BCUT2D eigenvalue weighted by atomic mass is 35.5. The van der Waals surface area contributed by atoms with E-state index in [1.807, 2.05) is 18.4 Å². The van der Waals surface area contributed by atoms with E-state index in [1.54, 1.807) is 31.3 Å². The van der Waals surface area contributed by atoms with Crippen molar-refractivity contribution in [3.8, 4) is 17.3 Å². The Morgan fingerprint density at radius 2 is 1.95 bits per heavy atom. The van der Waals surface area contributed by atoms with Gasteiger partial charge in [-0.25, -0.2) is 24.1 Å². The number of carbonyl (C=O) groups is 2. The van der Waals surface area contributed by atoms with E-state index >= 15 is 0 Å². The van der Waals surface area contributed by atoms with Gasteiger partial charge in [-0.2, -0.15) is 4.98 Å². The number of methoxy groups -OCH3 is 1. The lowest BCUT2D eigenvalue weighted by molar-refractivity contribution is -0.115. The molecule has 0 fully saturated rings. The first-order valence-electron chi connectivity index (χ1n) is 12.2. The minimum Gasteiger partial charge on any atom is -0.480 e. The molecule has 0 bridgehead atoms. The number of anilines is 2. The van der Waals surface area contributed by atoms with Gasteiger partial charge in [-0.05, 0) is 37.6 Å². The van der Waals surface area contributed by atoms with Crippen LogP contribution < -0.4 is 15.0 Å². The number of aromatic nitrogens is 4. The number of alkyl halides is 1. The van der Waals surface area contributed by atoms with Crippen molar-refractivity contribution >= 4 is 53.1 Å². The van der Waals surface area contributed by atoms with Crippen molar-refractivity contribution < 1.29 is 18.7 Å². The van der Waals surface area contributed by atoms with Crippen molar-refractivity contribution in [1.29, 1.82) is 0 Å². The van der Waals surface area contributed by atoms with Crippen LogP contribution in [-0.4, -0.2) is 69.2 Å². The molecule has 0 saturated carbocycles. The zero-order valence-electron chi connectivity index (χ0n) is 22.2. The topological polar surface area (TPSA) is 118 Å². The molecule has 2 aliphatic heterocycles. The maximum atomic E-state index is 14.8. The molecule has 0 spiro atoms. The van der Waals surface area contributed by atoms with Crippen LogP contribution in [0.5, 0.6) is 5.88 Å². The first-order valence-corrected chi connectivity index (χ1v) is 13.0. The molecule has 2 aromatic heterocycles. The lowest BCUT2D eigenvalue weighted by Gasteiger charge is -2.38. The Bertz CT molecular complexity index is 1590. The number of dihydropyridines is 1. The number of carbonyl (C=O) groups excluding carboxylic acids is 2. The van der Waals surface area contributed by atoms with Crippen LogP contribution in [0.3, 0.4) is 0 Å². The van der Waals surface area contributed by atoms with E-state index in [0.29, 0.717) is 28.6 Å². The highest BCUT2D eigenvalue weighted by Crippen LogP contribution is 2.45. The highest BCUT2D eigenvalue weighted by Gasteiger charge is 2.43. The molecule has 208 valence electrons. The van der Waals surface area contributed by atoms with Crippen molar-refractivity contribution in [3.63, 3.8) is 0 Å². The van der Waals surface area contributed by atoms with Crippen LogP contribution >= 0.6 is 23.2 Å². The van der Waals surface area contributed by atoms with Gasteiger partial charge in [0.15, 0.2) is 5.82 Å². The summed E-state index contributed by atoms with van der Waals surface area (Å²) in [6.07, 6.45) is 4.29. The lowest BCUT2D eigenvalue weighted by Crippen LogP contribution is -2.45. The molecule has 0 saturated heterocycles. The van der Waals surface area contributed by atoms with Crippen LogP contribution in [0.25, 0.3) is 11.4 Å². The Labute approximate surface area is 239 Å². The summed E-state index contributed by atoms with van der Waals surface area (Å²) in [6, 6.07) is 2.32. The number of allylic oxidation sites excluding steroid dienone is 1. The summed E-state index contributed by atoms with van der Waals surface area (Å²) in [5, 5.41) is 1.96. The molecular weight excluding hydrogens is 562 g/mol. The van der Waals surface area contributed by atoms with Crippen LogP contribution in [0, 0.1) is 5.82 Å². The molecule has 0 radical (unpaired) electrons. The third-order valence-corrected chi connectivity index (χ3v) is 6.94. The van der Waals surface area contributed by atoms with E-state index < -0.39 is 29.2 Å². The number of hydrogen-bond donors (Lipinski definition) is 1. The fourth-order valence-electron chi connectivity index (χ4n) is 4.69. The number of amides is 3. The Balaban J connectivity index is 1.79. The standard InChI is InChI=1S/C26H25Cl2FN8O3/c1-12(2)36-20-19(13-6-7-16(28)17(29)8-13)37(18-9-14(27)10-30-23(18)38)26(39)33-21(20)32-22(36)15-11-31-25(35(3)4)34-24(15)40-5/h6-12,14,19H,1-5H3,(H,33,39). The second kappa shape index (κ2) is 10.5. The molecule has 14 heteroatoms. The van der Waals surface area contributed by atoms with Gasteiger partial charge in [0.2, 0.25) is 11.8 Å². The maximum absolute atomic E-state index is 14.8. The first kappa shape index (κ1) is 27.5. The van der Waals surface area contributed by atoms with E-state index in [1.165, 1.54) is 36.4 Å². The number of nitrogens with one attached hydrogen (secondary N) is 1. The number of nitrogens with zero attached hydrogens (tertiary/aromatic N) is 7. The van der Waals surface area contributed by atoms with Gasteiger partial charge >= 0.3 is 6.03 Å². The lowest BCUT2D eigenvalue weighted by atomic mass is 9.98. The van der Waals surface area contributed by atoms with E-state index in [9.17, 15) is 14.0 Å². The minimum absolute atomic E-state index is 0.0553. The van der Waals surface area contributed by atoms with Gasteiger partial charge in [0.05, 0.1) is 28.8 Å². The van der Waals surface area contributed by atoms with Crippen molar-refractivity contribution in [2.45, 2.75) is 31.3 Å². The molecule has 4 heterocycles. The number of fused-ring (bicyclic) bond motifs is 1. The molecule has 3 aromatic rings. The monoisotopic (exact) mass is 586 g/mol. The Kier molecular flexibility index (Phi) is 7.23. The predicted molar refractivity (Wildman–Crippen MR) is 150 cm³/mol. The van der Waals surface area contributed by atoms with Gasteiger partial charge in [0.25, 0.3) is 5.91 Å². The summed E-state index contributed by atoms with van der Waals surface area (Å²) < 4.78 is 22.3. The molecule has 5 rings (SSSR count). The van der Waals surface area contributed by atoms with Gasteiger partial charge < -0.3 is 14.2 Å². The number of benzene rings is 1. The third kappa shape index (κ3) is 4.66. The number of urea groups is 1. The average molecular weight is 587 g/mol. The van der Waals surface area contributed by atoms with Crippen molar-refractivity contribution in [1.82, 2.24) is 24.4 Å². The van der Waals surface area contributed by atoms with Crippen molar-refractivity contribution in [2.24, 2.45) is 4.99 Å². The normalized spacial score (nSPS) is 18.5. The summed E-state index contributed by atoms with van der Waals surface area (Å²) in [6.45, 7) is 3.86. The minimum atomic E-state index is -1.00. The van der Waals surface area contributed by atoms with Crippen molar-refractivity contribution in [2.75, 3.05) is 31.4 Å². The van der Waals surface area contributed by atoms with Crippen LogP contribution in [0.4, 0.5) is 21.0 Å². The molecule has 3 amide bonds. The molecule has 40 heavy (non-hydrogen) atoms. The maximum Gasteiger partial charge on any atom is 0.328 e.